The normalized spacial score (nSPS) is 20.1. The standard InChI is InChI=1S/C26H24N2O3S/c1-18-7-11-21(12-8-18)24-17-25(29)28(32(30,31)22-13-9-19(2)10-14-22)27-16-15-20-5-3-4-6-23(20)26(24)27/h3-16,24,26H,17H2,1-2H3/t24-,26+/m1/s1. The molecule has 6 heteroatoms. The Morgan fingerprint density at radius 1 is 0.844 bits per heavy atom. The number of fused-ring (bicyclic) bond motifs is 3. The van der Waals surface area contributed by atoms with E-state index in [-0.39, 0.29) is 23.3 Å². The van der Waals surface area contributed by atoms with Gasteiger partial charge in [0.2, 0.25) is 0 Å². The van der Waals surface area contributed by atoms with E-state index in [0.29, 0.717) is 0 Å². The van der Waals surface area contributed by atoms with E-state index in [9.17, 15) is 13.2 Å². The van der Waals surface area contributed by atoms with Gasteiger partial charge in [0.1, 0.15) is 0 Å². The van der Waals surface area contributed by atoms with Crippen LogP contribution in [0.4, 0.5) is 0 Å². The van der Waals surface area contributed by atoms with Gasteiger partial charge in [0.05, 0.1) is 10.9 Å². The van der Waals surface area contributed by atoms with Gasteiger partial charge >= 0.3 is 0 Å². The van der Waals surface area contributed by atoms with Crippen LogP contribution >= 0.6 is 0 Å². The maximum atomic E-state index is 13.6. The summed E-state index contributed by atoms with van der Waals surface area (Å²) in [5.41, 5.74) is 5.17. The van der Waals surface area contributed by atoms with Gasteiger partial charge in [-0.3, -0.25) is 9.80 Å². The van der Waals surface area contributed by atoms with Crippen LogP contribution in [0.15, 0.2) is 83.9 Å². The Balaban J connectivity index is 1.65. The topological polar surface area (TPSA) is 57.7 Å². The number of hydrazine groups is 1. The van der Waals surface area contributed by atoms with Gasteiger partial charge in [-0.25, -0.2) is 0 Å². The maximum absolute atomic E-state index is 13.6. The van der Waals surface area contributed by atoms with E-state index in [1.807, 2.05) is 68.5 Å². The maximum Gasteiger partial charge on any atom is 0.284 e. The highest BCUT2D eigenvalue weighted by Crippen LogP contribution is 2.47. The fourth-order valence-corrected chi connectivity index (χ4v) is 6.01. The van der Waals surface area contributed by atoms with Crippen molar-refractivity contribution in [3.05, 3.63) is 107 Å². The highest BCUT2D eigenvalue weighted by molar-refractivity contribution is 7.89. The van der Waals surface area contributed by atoms with E-state index in [1.54, 1.807) is 35.5 Å². The summed E-state index contributed by atoms with van der Waals surface area (Å²) in [5, 5.41) is 1.61. The number of carbonyl (C=O) groups excluding carboxylic acids is 1. The third-order valence-corrected chi connectivity index (χ3v) is 7.97. The number of benzene rings is 3. The van der Waals surface area contributed by atoms with E-state index in [0.717, 1.165) is 32.2 Å². The summed E-state index contributed by atoms with van der Waals surface area (Å²) in [5.74, 6) is -0.602. The molecule has 0 aliphatic carbocycles. The molecular formula is C26H24N2O3S. The zero-order valence-electron chi connectivity index (χ0n) is 18.0. The number of hydrogen-bond donors (Lipinski definition) is 0. The minimum absolute atomic E-state index is 0.108. The Labute approximate surface area is 188 Å². The molecule has 2 aliphatic heterocycles. The second-order valence-electron chi connectivity index (χ2n) is 8.45. The zero-order valence-corrected chi connectivity index (χ0v) is 18.8. The number of carbonyl (C=O) groups is 1. The molecule has 162 valence electrons. The van der Waals surface area contributed by atoms with Crippen molar-refractivity contribution >= 4 is 22.0 Å². The lowest BCUT2D eigenvalue weighted by Gasteiger charge is -2.48. The molecule has 1 saturated heterocycles. The van der Waals surface area contributed by atoms with Crippen molar-refractivity contribution in [2.75, 3.05) is 0 Å². The van der Waals surface area contributed by atoms with Gasteiger partial charge in [-0.1, -0.05) is 71.8 Å². The molecule has 5 rings (SSSR count). The molecule has 0 spiro atoms. The minimum Gasteiger partial charge on any atom is -0.272 e. The highest BCUT2D eigenvalue weighted by Gasteiger charge is 2.47. The van der Waals surface area contributed by atoms with Crippen LogP contribution in [-0.4, -0.2) is 23.7 Å². The molecular weight excluding hydrogens is 420 g/mol. The summed E-state index contributed by atoms with van der Waals surface area (Å²) < 4.78 is 28.1. The lowest BCUT2D eigenvalue weighted by atomic mass is 9.80. The fraction of sp³-hybridized carbons (Fsp3) is 0.192. The van der Waals surface area contributed by atoms with Crippen molar-refractivity contribution in [3.63, 3.8) is 0 Å². The average Bonchev–Trinajstić information content (AvgIpc) is 2.79. The molecule has 0 saturated carbocycles. The molecule has 2 heterocycles. The van der Waals surface area contributed by atoms with Gasteiger partial charge in [-0.2, -0.15) is 8.42 Å². The Bertz CT molecular complexity index is 1310. The molecule has 1 fully saturated rings. The van der Waals surface area contributed by atoms with Crippen molar-refractivity contribution in [2.24, 2.45) is 0 Å². The molecule has 5 nitrogen and oxygen atoms in total. The number of nitrogens with zero attached hydrogens (tertiary/aromatic N) is 2. The first-order valence-electron chi connectivity index (χ1n) is 10.6. The SMILES string of the molecule is Cc1ccc([C@H]2CC(=O)N(S(=O)(=O)c3ccc(C)cc3)N3C=Cc4ccccc4[C@@H]23)cc1. The molecule has 0 unspecified atom stereocenters. The average molecular weight is 445 g/mol. The highest BCUT2D eigenvalue weighted by atomic mass is 32.2. The summed E-state index contributed by atoms with van der Waals surface area (Å²) in [6.07, 6.45) is 3.70. The van der Waals surface area contributed by atoms with Gasteiger partial charge in [0.25, 0.3) is 15.9 Å². The number of sulfonamides is 1. The van der Waals surface area contributed by atoms with Crippen LogP contribution in [0, 0.1) is 13.8 Å². The largest absolute Gasteiger partial charge is 0.284 e. The van der Waals surface area contributed by atoms with Crippen molar-refractivity contribution in [1.29, 1.82) is 0 Å². The molecule has 0 N–H and O–H groups in total. The second-order valence-corrected chi connectivity index (χ2v) is 10.2. The van der Waals surface area contributed by atoms with Crippen LogP contribution in [0.1, 0.15) is 46.2 Å². The van der Waals surface area contributed by atoms with Crippen LogP contribution < -0.4 is 0 Å². The van der Waals surface area contributed by atoms with Crippen molar-refractivity contribution in [3.8, 4) is 0 Å². The Morgan fingerprint density at radius 2 is 1.47 bits per heavy atom. The summed E-state index contributed by atoms with van der Waals surface area (Å²) in [6, 6.07) is 22.4. The van der Waals surface area contributed by atoms with Gasteiger partial charge in [0, 0.05) is 18.5 Å². The number of hydrogen-bond acceptors (Lipinski definition) is 4. The van der Waals surface area contributed by atoms with E-state index in [2.05, 4.69) is 0 Å². The lowest BCUT2D eigenvalue weighted by molar-refractivity contribution is -0.144. The van der Waals surface area contributed by atoms with Crippen molar-refractivity contribution < 1.29 is 13.2 Å². The third kappa shape index (κ3) is 3.31. The zero-order chi connectivity index (χ0) is 22.5. The lowest BCUT2D eigenvalue weighted by Crippen LogP contribution is -2.55. The quantitative estimate of drug-likeness (QED) is 0.574. The Hall–Kier alpha value is -3.38. The molecule has 2 aliphatic rings. The third-order valence-electron chi connectivity index (χ3n) is 6.26. The van der Waals surface area contributed by atoms with Crippen LogP contribution in [0.3, 0.4) is 0 Å². The second kappa shape index (κ2) is 7.64. The van der Waals surface area contributed by atoms with Crippen LogP contribution in [0.5, 0.6) is 0 Å². The number of rotatable bonds is 3. The summed E-state index contributed by atoms with van der Waals surface area (Å²) in [4.78, 5) is 13.5. The van der Waals surface area contributed by atoms with E-state index >= 15 is 0 Å². The van der Waals surface area contributed by atoms with Crippen molar-refractivity contribution in [2.45, 2.75) is 37.1 Å². The minimum atomic E-state index is -4.05. The van der Waals surface area contributed by atoms with Crippen LogP contribution in [-0.2, 0) is 14.8 Å². The number of aryl methyl sites for hydroxylation is 2. The molecule has 0 bridgehead atoms. The molecule has 1 amide bonds. The first-order valence-corrected chi connectivity index (χ1v) is 12.1. The van der Waals surface area contributed by atoms with E-state index in [1.165, 1.54) is 0 Å². The smallest absolute Gasteiger partial charge is 0.272 e. The Kier molecular flexibility index (Phi) is 4.90. The molecule has 0 aromatic heterocycles. The predicted molar refractivity (Wildman–Crippen MR) is 124 cm³/mol. The van der Waals surface area contributed by atoms with Crippen molar-refractivity contribution in [1.82, 2.24) is 9.42 Å². The summed E-state index contributed by atoms with van der Waals surface area (Å²) in [7, 11) is -4.05. The van der Waals surface area contributed by atoms with Gasteiger partial charge < -0.3 is 0 Å². The summed E-state index contributed by atoms with van der Waals surface area (Å²) >= 11 is 0. The monoisotopic (exact) mass is 444 g/mol. The van der Waals surface area contributed by atoms with E-state index in [4.69, 9.17) is 0 Å². The number of amides is 1. The first-order chi connectivity index (χ1) is 15.4. The molecule has 3 aromatic rings. The molecule has 32 heavy (non-hydrogen) atoms. The van der Waals surface area contributed by atoms with Crippen LogP contribution in [0.2, 0.25) is 0 Å². The van der Waals surface area contributed by atoms with E-state index < -0.39 is 15.9 Å². The van der Waals surface area contributed by atoms with Crippen LogP contribution in [0.25, 0.3) is 6.08 Å². The fourth-order valence-electron chi connectivity index (χ4n) is 4.59. The molecule has 0 radical (unpaired) electrons. The molecule has 2 atom stereocenters. The predicted octanol–water partition coefficient (Wildman–Crippen LogP) is 4.95. The Morgan fingerprint density at radius 3 is 2.16 bits per heavy atom. The molecule has 3 aromatic carbocycles. The van der Waals surface area contributed by atoms with Gasteiger partial charge in [-0.15, -0.1) is 4.41 Å². The summed E-state index contributed by atoms with van der Waals surface area (Å²) in [6.45, 7) is 3.92. The van der Waals surface area contributed by atoms with Gasteiger partial charge in [-0.05, 0) is 48.7 Å². The van der Waals surface area contributed by atoms with Gasteiger partial charge in [0.15, 0.2) is 0 Å². The first kappa shape index (κ1) is 20.5.